The molecule has 0 aliphatic heterocycles. The molecule has 1 rings (SSSR count). The molecule has 1 aromatic heterocycles. The van der Waals surface area contributed by atoms with Crippen LogP contribution in [0.4, 0.5) is 0 Å². The lowest BCUT2D eigenvalue weighted by molar-refractivity contribution is 0.215. The van der Waals surface area contributed by atoms with E-state index in [1.807, 2.05) is 13.0 Å². The van der Waals surface area contributed by atoms with Crippen LogP contribution in [0.2, 0.25) is 0 Å². The summed E-state index contributed by atoms with van der Waals surface area (Å²) in [6.07, 6.45) is 4.69. The molecule has 1 heterocycles. The molecule has 0 aliphatic rings. The summed E-state index contributed by atoms with van der Waals surface area (Å²) in [6.45, 7) is 4.61. The summed E-state index contributed by atoms with van der Waals surface area (Å²) in [5.74, 6) is 0.854. The van der Waals surface area contributed by atoms with Gasteiger partial charge < -0.3 is 10.5 Å². The number of rotatable bonds is 4. The van der Waals surface area contributed by atoms with E-state index >= 15 is 0 Å². The van der Waals surface area contributed by atoms with Gasteiger partial charge in [0.25, 0.3) is 0 Å². The predicted octanol–water partition coefficient (Wildman–Crippen LogP) is 1.72. The van der Waals surface area contributed by atoms with Crippen LogP contribution in [0.3, 0.4) is 0 Å². The van der Waals surface area contributed by atoms with Gasteiger partial charge in [0.05, 0.1) is 6.10 Å². The van der Waals surface area contributed by atoms with Crippen molar-refractivity contribution in [3.8, 4) is 5.75 Å². The number of hydrogen-bond donors (Lipinski definition) is 1. The minimum atomic E-state index is 0.229. The molecule has 1 atom stereocenters. The van der Waals surface area contributed by atoms with E-state index in [9.17, 15) is 0 Å². The number of nitrogens with zero attached hydrogens (tertiary/aromatic N) is 1. The first-order valence-corrected chi connectivity index (χ1v) is 4.57. The fourth-order valence-electron chi connectivity index (χ4n) is 0.983. The van der Waals surface area contributed by atoms with Crippen LogP contribution in [0.25, 0.3) is 0 Å². The summed E-state index contributed by atoms with van der Waals surface area (Å²) < 4.78 is 5.67. The maximum absolute atomic E-state index is 5.67. The molecule has 3 heteroatoms. The summed E-state index contributed by atoms with van der Waals surface area (Å²) >= 11 is 0. The Bertz CT molecular complexity index is 263. The second kappa shape index (κ2) is 4.82. The Labute approximate surface area is 78.9 Å². The molecule has 0 fully saturated rings. The molecule has 1 unspecified atom stereocenters. The third-order valence-corrected chi connectivity index (χ3v) is 1.98. The highest BCUT2D eigenvalue weighted by Crippen LogP contribution is 2.17. The minimum absolute atomic E-state index is 0.229. The molecule has 0 saturated heterocycles. The summed E-state index contributed by atoms with van der Waals surface area (Å²) in [6, 6.07) is 1.86. The Kier molecular flexibility index (Phi) is 3.71. The lowest BCUT2D eigenvalue weighted by Gasteiger charge is -2.14. The highest BCUT2D eigenvalue weighted by atomic mass is 16.5. The molecule has 0 radical (unpaired) electrons. The average Bonchev–Trinajstić information content (AvgIpc) is 2.18. The minimum Gasteiger partial charge on any atom is -0.490 e. The Balaban J connectivity index is 2.74. The quantitative estimate of drug-likeness (QED) is 0.767. The molecule has 0 amide bonds. The van der Waals surface area contributed by atoms with Crippen molar-refractivity contribution in [3.05, 3.63) is 24.0 Å². The van der Waals surface area contributed by atoms with Crippen molar-refractivity contribution in [1.29, 1.82) is 0 Å². The fourth-order valence-corrected chi connectivity index (χ4v) is 0.983. The number of aromatic nitrogens is 1. The highest BCUT2D eigenvalue weighted by molar-refractivity contribution is 5.29. The van der Waals surface area contributed by atoms with Crippen molar-refractivity contribution in [2.45, 2.75) is 32.9 Å². The first-order valence-electron chi connectivity index (χ1n) is 4.57. The summed E-state index contributed by atoms with van der Waals surface area (Å²) in [5.41, 5.74) is 6.51. The van der Waals surface area contributed by atoms with Crippen molar-refractivity contribution in [2.24, 2.45) is 5.73 Å². The number of hydrogen-bond acceptors (Lipinski definition) is 3. The van der Waals surface area contributed by atoms with Gasteiger partial charge in [-0.15, -0.1) is 0 Å². The van der Waals surface area contributed by atoms with E-state index in [1.165, 1.54) is 0 Å². The van der Waals surface area contributed by atoms with Gasteiger partial charge in [-0.1, -0.05) is 6.92 Å². The third kappa shape index (κ3) is 2.70. The maximum atomic E-state index is 5.67. The van der Waals surface area contributed by atoms with Crippen LogP contribution < -0.4 is 10.5 Å². The zero-order valence-corrected chi connectivity index (χ0v) is 8.16. The molecule has 2 N–H and O–H groups in total. The monoisotopic (exact) mass is 180 g/mol. The first kappa shape index (κ1) is 9.99. The van der Waals surface area contributed by atoms with Crippen molar-refractivity contribution < 1.29 is 4.74 Å². The van der Waals surface area contributed by atoms with Gasteiger partial charge in [-0.3, -0.25) is 4.98 Å². The van der Waals surface area contributed by atoms with Crippen molar-refractivity contribution in [3.63, 3.8) is 0 Å². The Morgan fingerprint density at radius 2 is 2.38 bits per heavy atom. The van der Waals surface area contributed by atoms with Gasteiger partial charge in [0.15, 0.2) is 0 Å². The first-order chi connectivity index (χ1) is 6.27. The Morgan fingerprint density at radius 1 is 1.62 bits per heavy atom. The molecule has 1 aromatic rings. The van der Waals surface area contributed by atoms with Crippen LogP contribution in [0.15, 0.2) is 18.5 Å². The maximum Gasteiger partial charge on any atom is 0.127 e. The number of pyridine rings is 1. The lowest BCUT2D eigenvalue weighted by Crippen LogP contribution is -2.12. The number of nitrogens with two attached hydrogens (primary N) is 1. The van der Waals surface area contributed by atoms with Gasteiger partial charge in [0.2, 0.25) is 0 Å². The molecular formula is C10H16N2O. The molecule has 13 heavy (non-hydrogen) atoms. The molecule has 0 aliphatic carbocycles. The van der Waals surface area contributed by atoms with Crippen LogP contribution in [0.1, 0.15) is 25.8 Å². The summed E-state index contributed by atoms with van der Waals surface area (Å²) in [4.78, 5) is 3.99. The van der Waals surface area contributed by atoms with E-state index in [1.54, 1.807) is 12.4 Å². The molecule has 0 saturated carbocycles. The second-order valence-corrected chi connectivity index (χ2v) is 3.02. The summed E-state index contributed by atoms with van der Waals surface area (Å²) in [7, 11) is 0. The SMILES string of the molecule is CCC(C)Oc1ccncc1CN. The van der Waals surface area contributed by atoms with Gasteiger partial charge in [-0.05, 0) is 19.4 Å². The van der Waals surface area contributed by atoms with Gasteiger partial charge in [0.1, 0.15) is 5.75 Å². The van der Waals surface area contributed by atoms with Gasteiger partial charge in [-0.25, -0.2) is 0 Å². The van der Waals surface area contributed by atoms with Gasteiger partial charge >= 0.3 is 0 Å². The molecular weight excluding hydrogens is 164 g/mol. The highest BCUT2D eigenvalue weighted by Gasteiger charge is 2.04. The molecule has 0 bridgehead atoms. The van der Waals surface area contributed by atoms with Crippen LogP contribution in [-0.4, -0.2) is 11.1 Å². The second-order valence-electron chi connectivity index (χ2n) is 3.02. The molecule has 3 nitrogen and oxygen atoms in total. The topological polar surface area (TPSA) is 48.1 Å². The zero-order chi connectivity index (χ0) is 9.68. The Morgan fingerprint density at radius 3 is 3.00 bits per heavy atom. The van der Waals surface area contributed by atoms with E-state index in [4.69, 9.17) is 10.5 Å². The predicted molar refractivity (Wildman–Crippen MR) is 52.5 cm³/mol. The van der Waals surface area contributed by atoms with Gasteiger partial charge in [0, 0.05) is 24.5 Å². The third-order valence-electron chi connectivity index (χ3n) is 1.98. The zero-order valence-electron chi connectivity index (χ0n) is 8.16. The average molecular weight is 180 g/mol. The van der Waals surface area contributed by atoms with Crippen molar-refractivity contribution in [2.75, 3.05) is 0 Å². The van der Waals surface area contributed by atoms with Crippen molar-refractivity contribution >= 4 is 0 Å². The number of ether oxygens (including phenoxy) is 1. The molecule has 0 aromatic carbocycles. The van der Waals surface area contributed by atoms with Gasteiger partial charge in [-0.2, -0.15) is 0 Å². The van der Waals surface area contributed by atoms with Crippen LogP contribution in [0.5, 0.6) is 5.75 Å². The Hall–Kier alpha value is -1.09. The van der Waals surface area contributed by atoms with Crippen LogP contribution >= 0.6 is 0 Å². The fraction of sp³-hybridized carbons (Fsp3) is 0.500. The van der Waals surface area contributed by atoms with E-state index in [2.05, 4.69) is 11.9 Å². The van der Waals surface area contributed by atoms with E-state index < -0.39 is 0 Å². The van der Waals surface area contributed by atoms with Crippen LogP contribution in [0, 0.1) is 0 Å². The largest absolute Gasteiger partial charge is 0.490 e. The standard InChI is InChI=1S/C10H16N2O/c1-3-8(2)13-10-4-5-12-7-9(10)6-11/h4-5,7-8H,3,6,11H2,1-2H3. The van der Waals surface area contributed by atoms with E-state index in [0.717, 1.165) is 17.7 Å². The normalized spacial score (nSPS) is 12.5. The van der Waals surface area contributed by atoms with Crippen LogP contribution in [-0.2, 0) is 6.54 Å². The molecule has 72 valence electrons. The van der Waals surface area contributed by atoms with Crippen molar-refractivity contribution in [1.82, 2.24) is 4.98 Å². The summed E-state index contributed by atoms with van der Waals surface area (Å²) in [5, 5.41) is 0. The van der Waals surface area contributed by atoms with E-state index in [-0.39, 0.29) is 6.10 Å². The molecule has 0 spiro atoms. The smallest absolute Gasteiger partial charge is 0.127 e. The lowest BCUT2D eigenvalue weighted by atomic mass is 10.2. The van der Waals surface area contributed by atoms with E-state index in [0.29, 0.717) is 6.54 Å².